The van der Waals surface area contributed by atoms with Gasteiger partial charge in [-0.3, -0.25) is 9.98 Å². The number of para-hydroxylation sites is 1. The molecule has 2 aromatic carbocycles. The van der Waals surface area contributed by atoms with Crippen molar-refractivity contribution in [2.45, 2.75) is 41.5 Å². The second-order valence-electron chi connectivity index (χ2n) is 7.46. The van der Waals surface area contributed by atoms with Crippen molar-refractivity contribution in [1.82, 2.24) is 4.98 Å². The van der Waals surface area contributed by atoms with Crippen molar-refractivity contribution in [1.29, 1.82) is 0 Å². The predicted molar refractivity (Wildman–Crippen MR) is 128 cm³/mol. The van der Waals surface area contributed by atoms with Gasteiger partial charge in [0, 0.05) is 4.47 Å². The Morgan fingerprint density at radius 3 is 1.69 bits per heavy atom. The first-order chi connectivity index (χ1) is 13.8. The molecule has 0 atom stereocenters. The fourth-order valence-corrected chi connectivity index (χ4v) is 3.96. The third-order valence-electron chi connectivity index (χ3n) is 4.87. The number of aromatic nitrogens is 1. The zero-order valence-corrected chi connectivity index (χ0v) is 23.1. The number of aryl methyl sites for hydroxylation is 4. The van der Waals surface area contributed by atoms with Gasteiger partial charge in [-0.1, -0.05) is 35.9 Å². The van der Waals surface area contributed by atoms with Gasteiger partial charge in [0.2, 0.25) is 0 Å². The van der Waals surface area contributed by atoms with E-state index in [0.29, 0.717) is 0 Å². The number of rotatable bonds is 4. The minimum absolute atomic E-state index is 0. The fraction of sp³-hybridized carbons (Fsp3) is 0.240. The van der Waals surface area contributed by atoms with Crippen LogP contribution >= 0.6 is 15.9 Å². The molecule has 7 heteroatoms. The van der Waals surface area contributed by atoms with Gasteiger partial charge < -0.3 is 24.8 Å². The summed E-state index contributed by atoms with van der Waals surface area (Å²) in [5.74, 6) is 0. The van der Waals surface area contributed by atoms with E-state index in [-0.39, 0.29) is 41.9 Å². The van der Waals surface area contributed by atoms with Crippen LogP contribution in [0.4, 0.5) is 11.4 Å². The van der Waals surface area contributed by atoms with Gasteiger partial charge in [0.05, 0.1) is 34.2 Å². The van der Waals surface area contributed by atoms with Gasteiger partial charge in [0.15, 0.2) is 0 Å². The van der Waals surface area contributed by atoms with Crippen molar-refractivity contribution in [3.05, 3.63) is 86.6 Å². The Bertz CT molecular complexity index is 1100. The maximum atomic E-state index is 4.89. The van der Waals surface area contributed by atoms with Crippen LogP contribution in [0.5, 0.6) is 0 Å². The minimum atomic E-state index is 0. The van der Waals surface area contributed by atoms with E-state index >= 15 is 0 Å². The Morgan fingerprint density at radius 2 is 1.19 bits per heavy atom. The van der Waals surface area contributed by atoms with Crippen LogP contribution < -0.4 is 24.8 Å². The molecule has 1 heterocycles. The molecule has 0 spiro atoms. The normalized spacial score (nSPS) is 11.2. The predicted octanol–water partition coefficient (Wildman–Crippen LogP) is 1.36. The molecule has 3 rings (SSSR count). The molecule has 0 aliphatic rings. The molecule has 3 nitrogen and oxygen atoms in total. The topological polar surface area (TPSA) is 37.6 Å². The largest absolute Gasteiger partial charge is 2.00 e. The third-order valence-corrected chi connectivity index (χ3v) is 5.51. The number of nitrogens with zero attached hydrogens (tertiary/aromatic N) is 3. The quantitative estimate of drug-likeness (QED) is 0.343. The van der Waals surface area contributed by atoms with Gasteiger partial charge in [0.25, 0.3) is 0 Å². The van der Waals surface area contributed by atoms with E-state index in [0.717, 1.165) is 44.2 Å². The Balaban J connectivity index is 0.00000320. The standard InChI is InChI=1S/C25H26BrN3.2ClH.Fe/c1-15-13-17(3)24(18(4)14-15)27-19(5)22-11-8-12-23(29-22)20(6)28-25-16(2)9-7-10-21(25)26;;;/h7-14H,1-6H3;2*1H;/q;;;+2/p-2/b27-19+,28-20+;;;. The molecule has 0 unspecified atom stereocenters. The summed E-state index contributed by atoms with van der Waals surface area (Å²) < 4.78 is 0.982. The molecule has 0 fully saturated rings. The average molecular weight is 575 g/mol. The van der Waals surface area contributed by atoms with E-state index in [1.807, 2.05) is 44.2 Å². The molecule has 0 saturated carbocycles. The molecule has 3 aromatic rings. The number of halogens is 3. The Morgan fingerprint density at radius 1 is 0.719 bits per heavy atom. The van der Waals surface area contributed by atoms with E-state index in [2.05, 4.69) is 61.8 Å². The first kappa shape index (κ1) is 30.5. The van der Waals surface area contributed by atoms with Crippen molar-refractivity contribution in [3.63, 3.8) is 0 Å². The summed E-state index contributed by atoms with van der Waals surface area (Å²) in [6, 6.07) is 16.4. The smallest absolute Gasteiger partial charge is 1.00 e. The van der Waals surface area contributed by atoms with Crippen molar-refractivity contribution in [2.75, 3.05) is 0 Å². The van der Waals surface area contributed by atoms with Gasteiger partial charge in [-0.2, -0.15) is 0 Å². The van der Waals surface area contributed by atoms with Gasteiger partial charge in [-0.15, -0.1) is 0 Å². The molecular formula is C25H26BrCl2FeN3. The van der Waals surface area contributed by atoms with E-state index in [4.69, 9.17) is 15.0 Å². The summed E-state index contributed by atoms with van der Waals surface area (Å²) >= 11 is 3.59. The molecule has 0 N–H and O–H groups in total. The summed E-state index contributed by atoms with van der Waals surface area (Å²) in [7, 11) is 0. The van der Waals surface area contributed by atoms with E-state index in [1.165, 1.54) is 16.7 Å². The van der Waals surface area contributed by atoms with Crippen LogP contribution in [0.3, 0.4) is 0 Å². The molecule has 170 valence electrons. The molecule has 32 heavy (non-hydrogen) atoms. The Labute approximate surface area is 222 Å². The van der Waals surface area contributed by atoms with Crippen molar-refractivity contribution >= 4 is 38.7 Å². The van der Waals surface area contributed by atoms with Crippen LogP contribution in [-0.2, 0) is 17.1 Å². The van der Waals surface area contributed by atoms with Crippen LogP contribution in [-0.4, -0.2) is 16.4 Å². The summed E-state index contributed by atoms with van der Waals surface area (Å²) in [5.41, 5.74) is 10.2. The van der Waals surface area contributed by atoms with Crippen molar-refractivity contribution in [3.8, 4) is 0 Å². The van der Waals surface area contributed by atoms with Crippen molar-refractivity contribution < 1.29 is 41.9 Å². The molecule has 0 aliphatic carbocycles. The molecule has 0 amide bonds. The van der Waals surface area contributed by atoms with Crippen LogP contribution in [0.25, 0.3) is 0 Å². The number of aliphatic imine (C=N–C) groups is 2. The summed E-state index contributed by atoms with van der Waals surface area (Å²) in [6.45, 7) is 12.4. The van der Waals surface area contributed by atoms with Crippen molar-refractivity contribution in [2.24, 2.45) is 9.98 Å². The number of hydrogen-bond donors (Lipinski definition) is 0. The van der Waals surface area contributed by atoms with E-state index in [9.17, 15) is 0 Å². The summed E-state index contributed by atoms with van der Waals surface area (Å²) in [4.78, 5) is 14.5. The summed E-state index contributed by atoms with van der Waals surface area (Å²) in [5, 5.41) is 0. The molecule has 0 aliphatic heterocycles. The number of hydrogen-bond acceptors (Lipinski definition) is 3. The van der Waals surface area contributed by atoms with Gasteiger partial charge in [-0.25, -0.2) is 4.98 Å². The molecule has 1 aromatic heterocycles. The van der Waals surface area contributed by atoms with E-state index < -0.39 is 0 Å². The third kappa shape index (κ3) is 7.26. The number of benzene rings is 2. The first-order valence-electron chi connectivity index (χ1n) is 9.67. The van der Waals surface area contributed by atoms with Crippen LogP contribution in [0.15, 0.2) is 63.0 Å². The molecule has 0 bridgehead atoms. The zero-order chi connectivity index (χ0) is 21.1. The fourth-order valence-electron chi connectivity index (χ4n) is 3.40. The van der Waals surface area contributed by atoms with E-state index in [1.54, 1.807) is 0 Å². The minimum Gasteiger partial charge on any atom is -1.00 e. The van der Waals surface area contributed by atoms with Gasteiger partial charge in [-0.05, 0) is 92.4 Å². The van der Waals surface area contributed by atoms with Gasteiger partial charge in [0.1, 0.15) is 0 Å². The zero-order valence-electron chi connectivity index (χ0n) is 18.9. The maximum absolute atomic E-state index is 4.89. The van der Waals surface area contributed by atoms with Crippen LogP contribution in [0.2, 0.25) is 0 Å². The monoisotopic (exact) mass is 573 g/mol. The Hall–Kier alpha value is -1.49. The van der Waals surface area contributed by atoms with Gasteiger partial charge >= 0.3 is 17.1 Å². The second kappa shape index (κ2) is 13.3. The number of pyridine rings is 1. The summed E-state index contributed by atoms with van der Waals surface area (Å²) in [6.07, 6.45) is 0. The molecular weight excluding hydrogens is 549 g/mol. The first-order valence-corrected chi connectivity index (χ1v) is 10.5. The molecule has 0 radical (unpaired) electrons. The Kier molecular flexibility index (Phi) is 12.7. The maximum Gasteiger partial charge on any atom is 2.00 e. The van der Waals surface area contributed by atoms with Crippen LogP contribution in [0.1, 0.15) is 47.5 Å². The van der Waals surface area contributed by atoms with Crippen LogP contribution in [0, 0.1) is 27.7 Å². The molecule has 0 saturated heterocycles. The second-order valence-corrected chi connectivity index (χ2v) is 8.31. The SMILES string of the molecule is C/C(=N\c1c(C)cc(C)cc1C)c1cccc(/C(C)=N/c2c(C)cccc2Br)n1.[Cl-].[Cl-].[Fe+2]. The average Bonchev–Trinajstić information content (AvgIpc) is 2.67.